The molecule has 30 heavy (non-hydrogen) atoms. The number of rotatable bonds is 6. The maximum Gasteiger partial charge on any atom is 0.272 e. The number of aromatic nitrogens is 2. The van der Waals surface area contributed by atoms with Gasteiger partial charge in [0.1, 0.15) is 17.7 Å². The molecule has 2 amide bonds. The Morgan fingerprint density at radius 2 is 2.03 bits per heavy atom. The number of likely N-dealkylation sites (N-methyl/N-ethyl adjacent to an activating group) is 2. The van der Waals surface area contributed by atoms with Gasteiger partial charge in [0, 0.05) is 32.2 Å². The minimum absolute atomic E-state index is 0.0315. The molecule has 0 spiro atoms. The number of halogens is 2. The van der Waals surface area contributed by atoms with Crippen LogP contribution < -0.4 is 10.6 Å². The summed E-state index contributed by atoms with van der Waals surface area (Å²) in [5.74, 6) is -0.463. The molecule has 0 unspecified atom stereocenters. The zero-order valence-electron chi connectivity index (χ0n) is 17.6. The number of nitrogens with zero attached hydrogens (tertiary/aromatic N) is 3. The van der Waals surface area contributed by atoms with Crippen LogP contribution in [-0.2, 0) is 17.9 Å². The van der Waals surface area contributed by atoms with Gasteiger partial charge in [0.05, 0.1) is 10.7 Å². The Morgan fingerprint density at radius 3 is 2.67 bits per heavy atom. The van der Waals surface area contributed by atoms with Gasteiger partial charge in [-0.25, -0.2) is 9.37 Å². The number of imidazole rings is 1. The van der Waals surface area contributed by atoms with Gasteiger partial charge in [-0.1, -0.05) is 25.4 Å². The number of fused-ring (bicyclic) bond motifs is 1. The topological polar surface area (TPSA) is 79.3 Å². The fraction of sp³-hybridized carbons (Fsp3) is 0.476. The van der Waals surface area contributed by atoms with E-state index in [-0.39, 0.29) is 22.5 Å². The molecule has 0 bridgehead atoms. The molecule has 1 aromatic heterocycles. The normalized spacial score (nSPS) is 15.0. The molecule has 0 saturated carbocycles. The van der Waals surface area contributed by atoms with Crippen LogP contribution in [0.1, 0.15) is 36.5 Å². The maximum absolute atomic E-state index is 14.0. The Bertz CT molecular complexity index is 959. The summed E-state index contributed by atoms with van der Waals surface area (Å²) in [6, 6.07) is 3.84. The van der Waals surface area contributed by atoms with E-state index in [0.29, 0.717) is 30.9 Å². The van der Waals surface area contributed by atoms with Crippen molar-refractivity contribution in [1.82, 2.24) is 25.1 Å². The molecule has 1 atom stereocenters. The van der Waals surface area contributed by atoms with Gasteiger partial charge in [-0.3, -0.25) is 14.5 Å². The number of hydrogen-bond acceptors (Lipinski definition) is 4. The SMILES string of the molecule is CNC(=O)[C@H](CC(C)C)NC(=O)c1nc(-c2ccc(Cl)c(F)c2)n2c1CN(C)CC2. The summed E-state index contributed by atoms with van der Waals surface area (Å²) in [5, 5.41) is 5.45. The van der Waals surface area contributed by atoms with Crippen molar-refractivity contribution in [1.29, 1.82) is 0 Å². The molecule has 0 aliphatic carbocycles. The van der Waals surface area contributed by atoms with Crippen LogP contribution in [0, 0.1) is 11.7 Å². The smallest absolute Gasteiger partial charge is 0.272 e. The maximum atomic E-state index is 14.0. The molecule has 162 valence electrons. The lowest BCUT2D eigenvalue weighted by atomic mass is 10.0. The highest BCUT2D eigenvalue weighted by Gasteiger charge is 2.29. The van der Waals surface area contributed by atoms with E-state index >= 15 is 0 Å². The fourth-order valence-corrected chi connectivity index (χ4v) is 3.75. The molecule has 0 radical (unpaired) electrons. The van der Waals surface area contributed by atoms with E-state index < -0.39 is 17.8 Å². The van der Waals surface area contributed by atoms with Crippen LogP contribution in [0.25, 0.3) is 11.4 Å². The van der Waals surface area contributed by atoms with Gasteiger partial charge in [-0.05, 0) is 37.6 Å². The molecular formula is C21H27ClFN5O2. The fourth-order valence-electron chi connectivity index (χ4n) is 3.63. The largest absolute Gasteiger partial charge is 0.357 e. The molecule has 1 aliphatic heterocycles. The summed E-state index contributed by atoms with van der Waals surface area (Å²) in [6.07, 6.45) is 0.511. The van der Waals surface area contributed by atoms with Gasteiger partial charge >= 0.3 is 0 Å². The molecule has 3 rings (SSSR count). The third-order valence-electron chi connectivity index (χ3n) is 5.17. The molecule has 2 aromatic rings. The van der Waals surface area contributed by atoms with Crippen molar-refractivity contribution in [3.8, 4) is 11.4 Å². The molecule has 0 fully saturated rings. The van der Waals surface area contributed by atoms with Crippen molar-refractivity contribution in [2.24, 2.45) is 5.92 Å². The van der Waals surface area contributed by atoms with Crippen molar-refractivity contribution in [3.63, 3.8) is 0 Å². The minimum atomic E-state index is -0.655. The van der Waals surface area contributed by atoms with Gasteiger partial charge < -0.3 is 15.2 Å². The Labute approximate surface area is 180 Å². The minimum Gasteiger partial charge on any atom is -0.357 e. The third kappa shape index (κ3) is 4.65. The molecular weight excluding hydrogens is 409 g/mol. The van der Waals surface area contributed by atoms with Crippen molar-refractivity contribution in [2.75, 3.05) is 20.6 Å². The molecule has 9 heteroatoms. The molecule has 2 N–H and O–H groups in total. The van der Waals surface area contributed by atoms with E-state index in [1.807, 2.05) is 25.5 Å². The first kappa shape index (κ1) is 22.2. The molecule has 2 heterocycles. The Kier molecular flexibility index (Phi) is 6.77. The lowest BCUT2D eigenvalue weighted by molar-refractivity contribution is -0.122. The molecule has 1 aromatic carbocycles. The van der Waals surface area contributed by atoms with Crippen LogP contribution in [0.4, 0.5) is 4.39 Å². The lowest BCUT2D eigenvalue weighted by Crippen LogP contribution is -2.46. The van der Waals surface area contributed by atoms with Gasteiger partial charge in [-0.2, -0.15) is 0 Å². The van der Waals surface area contributed by atoms with Crippen LogP contribution >= 0.6 is 11.6 Å². The van der Waals surface area contributed by atoms with Crippen LogP contribution in [0.2, 0.25) is 5.02 Å². The number of carbonyl (C=O) groups excluding carboxylic acids is 2. The Balaban J connectivity index is 1.99. The summed E-state index contributed by atoms with van der Waals surface area (Å²) in [6.45, 7) is 5.91. The third-order valence-corrected chi connectivity index (χ3v) is 5.47. The van der Waals surface area contributed by atoms with E-state index in [2.05, 4.69) is 20.5 Å². The summed E-state index contributed by atoms with van der Waals surface area (Å²) < 4.78 is 16.0. The summed E-state index contributed by atoms with van der Waals surface area (Å²) >= 11 is 5.82. The summed E-state index contributed by atoms with van der Waals surface area (Å²) in [4.78, 5) is 32.0. The average molecular weight is 436 g/mol. The number of hydrogen-bond donors (Lipinski definition) is 2. The highest BCUT2D eigenvalue weighted by Crippen LogP contribution is 2.28. The van der Waals surface area contributed by atoms with Crippen LogP contribution in [0.15, 0.2) is 18.2 Å². The van der Waals surface area contributed by atoms with Gasteiger partial charge in [0.2, 0.25) is 5.91 Å². The second-order valence-electron chi connectivity index (χ2n) is 8.02. The molecule has 7 nitrogen and oxygen atoms in total. The standard InChI is InChI=1S/C21H27ClFN5O2/c1-12(2)9-16(20(29)24-3)25-21(30)18-17-11-27(4)7-8-28(17)19(26-18)13-5-6-14(22)15(23)10-13/h5-6,10,12,16H,7-9,11H2,1-4H3,(H,24,29)(H,25,30)/t16-/m0/s1. The zero-order valence-corrected chi connectivity index (χ0v) is 18.4. The Hall–Kier alpha value is -2.45. The summed E-state index contributed by atoms with van der Waals surface area (Å²) in [7, 11) is 3.51. The van der Waals surface area contributed by atoms with Crippen molar-refractivity contribution in [2.45, 2.75) is 39.4 Å². The van der Waals surface area contributed by atoms with Crippen LogP contribution in [-0.4, -0.2) is 52.9 Å². The average Bonchev–Trinajstić information content (AvgIpc) is 3.07. The van der Waals surface area contributed by atoms with E-state index in [4.69, 9.17) is 11.6 Å². The zero-order chi connectivity index (χ0) is 22.0. The highest BCUT2D eigenvalue weighted by molar-refractivity contribution is 6.30. The predicted octanol–water partition coefficient (Wildman–Crippen LogP) is 2.68. The number of amides is 2. The lowest BCUT2D eigenvalue weighted by Gasteiger charge is -2.26. The molecule has 1 aliphatic rings. The van der Waals surface area contributed by atoms with Gasteiger partial charge in [0.15, 0.2) is 5.69 Å². The first-order chi connectivity index (χ1) is 14.2. The monoisotopic (exact) mass is 435 g/mol. The van der Waals surface area contributed by atoms with E-state index in [0.717, 1.165) is 12.2 Å². The van der Waals surface area contributed by atoms with E-state index in [9.17, 15) is 14.0 Å². The first-order valence-corrected chi connectivity index (χ1v) is 10.3. The predicted molar refractivity (Wildman–Crippen MR) is 114 cm³/mol. The van der Waals surface area contributed by atoms with E-state index in [1.165, 1.54) is 12.1 Å². The Morgan fingerprint density at radius 1 is 1.30 bits per heavy atom. The van der Waals surface area contributed by atoms with Crippen molar-refractivity contribution >= 4 is 23.4 Å². The first-order valence-electron chi connectivity index (χ1n) is 9.97. The molecule has 0 saturated heterocycles. The van der Waals surface area contributed by atoms with Crippen molar-refractivity contribution < 1.29 is 14.0 Å². The van der Waals surface area contributed by atoms with E-state index in [1.54, 1.807) is 13.1 Å². The number of benzene rings is 1. The van der Waals surface area contributed by atoms with Crippen molar-refractivity contribution in [3.05, 3.63) is 40.4 Å². The second-order valence-corrected chi connectivity index (χ2v) is 8.43. The van der Waals surface area contributed by atoms with Crippen LogP contribution in [0.3, 0.4) is 0 Å². The van der Waals surface area contributed by atoms with Gasteiger partial charge in [0.25, 0.3) is 5.91 Å². The van der Waals surface area contributed by atoms with Gasteiger partial charge in [-0.15, -0.1) is 0 Å². The number of carbonyl (C=O) groups is 2. The quantitative estimate of drug-likeness (QED) is 0.731. The second kappa shape index (κ2) is 9.14. The number of nitrogens with one attached hydrogen (secondary N) is 2. The summed E-state index contributed by atoms with van der Waals surface area (Å²) in [5.41, 5.74) is 1.54. The highest BCUT2D eigenvalue weighted by atomic mass is 35.5. The van der Waals surface area contributed by atoms with Crippen LogP contribution in [0.5, 0.6) is 0 Å².